The normalized spacial score (nSPS) is 11.8. The third-order valence-corrected chi connectivity index (χ3v) is 6.27. The zero-order valence-corrected chi connectivity index (χ0v) is 22.4. The van der Waals surface area contributed by atoms with Crippen LogP contribution in [0.4, 0.5) is 0 Å². The molecule has 0 saturated carbocycles. The van der Waals surface area contributed by atoms with Crippen LogP contribution in [0, 0.1) is 0 Å². The summed E-state index contributed by atoms with van der Waals surface area (Å²) < 4.78 is 27.2. The van der Waals surface area contributed by atoms with Crippen molar-refractivity contribution in [2.45, 2.75) is 12.5 Å². The van der Waals surface area contributed by atoms with Gasteiger partial charge in [0.25, 0.3) is 0 Å². The zero-order chi connectivity index (χ0) is 28.8. The molecule has 0 aliphatic carbocycles. The summed E-state index contributed by atoms with van der Waals surface area (Å²) >= 11 is 0. The summed E-state index contributed by atoms with van der Waals surface area (Å²) in [6.45, 7) is 0. The van der Waals surface area contributed by atoms with E-state index in [0.29, 0.717) is 45.1 Å². The van der Waals surface area contributed by atoms with Crippen LogP contribution < -0.4 is 19.5 Å². The highest BCUT2D eigenvalue weighted by Crippen LogP contribution is 2.38. The van der Waals surface area contributed by atoms with Gasteiger partial charge in [-0.1, -0.05) is 12.1 Å². The van der Waals surface area contributed by atoms with E-state index in [-0.39, 0.29) is 17.9 Å². The number of aromatic hydroxyl groups is 2. The molecule has 3 aromatic carbocycles. The number of fused-ring (bicyclic) bond motifs is 1. The first-order valence-electron chi connectivity index (χ1n) is 12.2. The summed E-state index contributed by atoms with van der Waals surface area (Å²) in [5.74, 6) is 0.400. The number of esters is 1. The van der Waals surface area contributed by atoms with E-state index < -0.39 is 17.9 Å². The number of rotatable bonds is 10. The Kier molecular flexibility index (Phi) is 8.48. The Morgan fingerprint density at radius 2 is 1.60 bits per heavy atom. The van der Waals surface area contributed by atoms with Crippen molar-refractivity contribution in [3.05, 3.63) is 71.8 Å². The molecular weight excluding hydrogens is 518 g/mol. The number of nitrogens with one attached hydrogen (secondary N) is 1. The number of phenols is 2. The van der Waals surface area contributed by atoms with Crippen molar-refractivity contribution < 1.29 is 43.2 Å². The number of methoxy groups -OCH3 is 4. The molecule has 1 aromatic heterocycles. The monoisotopic (exact) mass is 547 g/mol. The Morgan fingerprint density at radius 3 is 2.27 bits per heavy atom. The molecule has 1 amide bonds. The van der Waals surface area contributed by atoms with Crippen molar-refractivity contribution in [2.24, 2.45) is 0 Å². The second-order valence-corrected chi connectivity index (χ2v) is 8.73. The number of hydrogen-bond donors (Lipinski definition) is 3. The van der Waals surface area contributed by atoms with Crippen LogP contribution in [0.2, 0.25) is 0 Å². The summed E-state index contributed by atoms with van der Waals surface area (Å²) in [5, 5.41) is 22.6. The van der Waals surface area contributed by atoms with Crippen molar-refractivity contribution in [1.82, 2.24) is 5.32 Å². The number of amides is 1. The van der Waals surface area contributed by atoms with Crippen molar-refractivity contribution >= 4 is 28.9 Å². The summed E-state index contributed by atoms with van der Waals surface area (Å²) in [6.07, 6.45) is 2.95. The van der Waals surface area contributed by atoms with E-state index >= 15 is 0 Å². The lowest BCUT2D eigenvalue weighted by Crippen LogP contribution is -2.42. The van der Waals surface area contributed by atoms with Crippen molar-refractivity contribution in [1.29, 1.82) is 0 Å². The molecule has 1 atom stereocenters. The summed E-state index contributed by atoms with van der Waals surface area (Å²) in [7, 11) is 5.87. The van der Waals surface area contributed by atoms with Crippen LogP contribution in [0.25, 0.3) is 28.4 Å². The lowest BCUT2D eigenvalue weighted by atomic mass is 10.0. The lowest BCUT2D eigenvalue weighted by molar-refractivity contribution is -0.144. The molecule has 0 bridgehead atoms. The predicted molar refractivity (Wildman–Crippen MR) is 148 cm³/mol. The largest absolute Gasteiger partial charge is 0.504 e. The van der Waals surface area contributed by atoms with E-state index in [1.165, 1.54) is 38.5 Å². The first kappa shape index (κ1) is 27.9. The van der Waals surface area contributed by atoms with E-state index in [9.17, 15) is 19.8 Å². The molecule has 10 nitrogen and oxygen atoms in total. The topological polar surface area (TPSA) is 137 Å². The second-order valence-electron chi connectivity index (χ2n) is 8.73. The molecule has 1 unspecified atom stereocenters. The van der Waals surface area contributed by atoms with E-state index in [2.05, 4.69) is 5.32 Å². The molecule has 0 saturated heterocycles. The fraction of sp³-hybridized carbons (Fsp3) is 0.200. The summed E-state index contributed by atoms with van der Waals surface area (Å²) in [4.78, 5) is 25.1. The van der Waals surface area contributed by atoms with Gasteiger partial charge in [-0.2, -0.15) is 0 Å². The molecule has 0 fully saturated rings. The SMILES string of the molecule is COC(=O)C(Cc1ccc(O)c(O)c1)NC(=O)/C=C/c1ccc(OC)c2oc(-c3ccc(OC)c(OC)c3)cc12. The lowest BCUT2D eigenvalue weighted by Gasteiger charge is -2.16. The first-order valence-corrected chi connectivity index (χ1v) is 12.2. The fourth-order valence-electron chi connectivity index (χ4n) is 4.21. The van der Waals surface area contributed by atoms with Gasteiger partial charge in [-0.05, 0) is 59.7 Å². The molecule has 40 heavy (non-hydrogen) atoms. The molecule has 3 N–H and O–H groups in total. The first-order chi connectivity index (χ1) is 19.3. The maximum Gasteiger partial charge on any atom is 0.328 e. The smallest absolute Gasteiger partial charge is 0.328 e. The number of benzene rings is 3. The molecule has 0 aliphatic rings. The average molecular weight is 548 g/mol. The third-order valence-electron chi connectivity index (χ3n) is 6.27. The summed E-state index contributed by atoms with van der Waals surface area (Å²) in [5.41, 5.74) is 2.45. The van der Waals surface area contributed by atoms with E-state index in [4.69, 9.17) is 23.4 Å². The van der Waals surface area contributed by atoms with Gasteiger partial charge in [0.15, 0.2) is 34.3 Å². The van der Waals surface area contributed by atoms with Crippen molar-refractivity contribution in [2.75, 3.05) is 28.4 Å². The average Bonchev–Trinajstić information content (AvgIpc) is 3.42. The number of carbonyl (C=O) groups is 2. The van der Waals surface area contributed by atoms with Crippen LogP contribution in [0.1, 0.15) is 11.1 Å². The highest BCUT2D eigenvalue weighted by atomic mass is 16.5. The maximum absolute atomic E-state index is 12.8. The molecule has 4 rings (SSSR count). The van der Waals surface area contributed by atoms with Crippen LogP contribution in [0.3, 0.4) is 0 Å². The van der Waals surface area contributed by atoms with Crippen molar-refractivity contribution in [3.8, 4) is 40.1 Å². The minimum Gasteiger partial charge on any atom is -0.504 e. The molecule has 0 spiro atoms. The van der Waals surface area contributed by atoms with Gasteiger partial charge < -0.3 is 38.9 Å². The van der Waals surface area contributed by atoms with Crippen LogP contribution in [0.15, 0.2) is 65.1 Å². The van der Waals surface area contributed by atoms with E-state index in [1.54, 1.807) is 44.6 Å². The number of furan rings is 1. The van der Waals surface area contributed by atoms with Crippen molar-refractivity contribution in [3.63, 3.8) is 0 Å². The van der Waals surface area contributed by atoms with Gasteiger partial charge in [-0.3, -0.25) is 4.79 Å². The minimum absolute atomic E-state index is 0.0449. The Labute approximate surface area is 230 Å². The Morgan fingerprint density at radius 1 is 0.875 bits per heavy atom. The van der Waals surface area contributed by atoms with Gasteiger partial charge in [0.2, 0.25) is 5.91 Å². The fourth-order valence-corrected chi connectivity index (χ4v) is 4.21. The second kappa shape index (κ2) is 12.2. The number of phenolic OH excluding ortho intramolecular Hbond substituents is 2. The van der Waals surface area contributed by atoms with Gasteiger partial charge >= 0.3 is 5.97 Å². The summed E-state index contributed by atoms with van der Waals surface area (Å²) in [6, 6.07) is 13.9. The van der Waals surface area contributed by atoms with Crippen LogP contribution in [0.5, 0.6) is 28.7 Å². The Balaban J connectivity index is 1.60. The molecule has 0 aliphatic heterocycles. The maximum atomic E-state index is 12.8. The minimum atomic E-state index is -1.02. The molecule has 10 heteroatoms. The van der Waals surface area contributed by atoms with Gasteiger partial charge in [-0.25, -0.2) is 4.79 Å². The van der Waals surface area contributed by atoms with Crippen LogP contribution >= 0.6 is 0 Å². The number of hydrogen-bond acceptors (Lipinski definition) is 9. The number of ether oxygens (including phenoxy) is 4. The molecule has 4 aromatic rings. The molecular formula is C30H29NO9. The molecule has 1 heterocycles. The van der Waals surface area contributed by atoms with Gasteiger partial charge in [0, 0.05) is 23.4 Å². The van der Waals surface area contributed by atoms with Gasteiger partial charge in [0.05, 0.1) is 28.4 Å². The van der Waals surface area contributed by atoms with Crippen LogP contribution in [-0.2, 0) is 20.7 Å². The van der Waals surface area contributed by atoms with E-state index in [0.717, 1.165) is 5.56 Å². The third kappa shape index (κ3) is 5.96. The van der Waals surface area contributed by atoms with E-state index in [1.807, 2.05) is 12.1 Å². The molecule has 208 valence electrons. The Bertz CT molecular complexity index is 1570. The van der Waals surface area contributed by atoms with Crippen LogP contribution in [-0.4, -0.2) is 56.6 Å². The standard InChI is InChI=1S/C30H29NO9/c1-36-24-10-7-19(15-27(24)38-3)26-16-20-18(6-11-25(37-2)29(20)40-26)8-12-28(34)31-21(30(35)39-4)13-17-5-9-22(32)23(33)14-17/h5-12,14-16,21,32-33H,13H2,1-4H3,(H,31,34)/b12-8+. The number of carbonyl (C=O) groups excluding carboxylic acids is 2. The highest BCUT2D eigenvalue weighted by Gasteiger charge is 2.22. The van der Waals surface area contributed by atoms with Gasteiger partial charge in [-0.15, -0.1) is 0 Å². The Hall–Kier alpha value is -5.12. The molecule has 0 radical (unpaired) electrons. The highest BCUT2D eigenvalue weighted by molar-refractivity contribution is 5.99. The quantitative estimate of drug-likeness (QED) is 0.149. The van der Waals surface area contributed by atoms with Gasteiger partial charge in [0.1, 0.15) is 11.8 Å². The zero-order valence-electron chi connectivity index (χ0n) is 22.4. The predicted octanol–water partition coefficient (Wildman–Crippen LogP) is 4.45.